The molecule has 39 heavy (non-hydrogen) atoms. The van der Waals surface area contributed by atoms with Gasteiger partial charge in [-0.15, -0.1) is 0 Å². The Labute approximate surface area is 229 Å². The van der Waals surface area contributed by atoms with E-state index in [9.17, 15) is 0 Å². The van der Waals surface area contributed by atoms with E-state index in [2.05, 4.69) is 72.8 Å². The van der Waals surface area contributed by atoms with Crippen LogP contribution in [0.3, 0.4) is 0 Å². The highest BCUT2D eigenvalue weighted by Crippen LogP contribution is 2.83. The van der Waals surface area contributed by atoms with Gasteiger partial charge in [0, 0.05) is 0 Å². The summed E-state index contributed by atoms with van der Waals surface area (Å²) in [5, 5.41) is 0. The van der Waals surface area contributed by atoms with Crippen LogP contribution in [0.1, 0.15) is 157 Å². The first kappa shape index (κ1) is 19.0. The molecule has 0 N–H and O–H groups in total. The van der Waals surface area contributed by atoms with Crippen molar-refractivity contribution in [3.8, 4) is 0 Å². The molecule has 0 heteroatoms. The molecule has 0 nitrogen and oxygen atoms in total. The lowest BCUT2D eigenvalue weighted by Crippen LogP contribution is -2.36. The molecule has 0 aliphatic heterocycles. The van der Waals surface area contributed by atoms with Gasteiger partial charge < -0.3 is 0 Å². The molecule has 0 saturated heterocycles. The zero-order chi connectivity index (χ0) is 24.5. The molecule has 9 aliphatic rings. The van der Waals surface area contributed by atoms with E-state index >= 15 is 0 Å². The van der Waals surface area contributed by atoms with E-state index in [0.717, 1.165) is 71.0 Å². The molecule has 12 atom stereocenters. The number of hydrogen-bond acceptors (Lipinski definition) is 0. The molecule has 0 aromatic heterocycles. The first-order chi connectivity index (χ1) is 19.4. The number of rotatable bonds is 0. The fourth-order valence-electron chi connectivity index (χ4n) is 13.8. The van der Waals surface area contributed by atoms with Gasteiger partial charge in [0.1, 0.15) is 0 Å². The Hall–Kier alpha value is -3.12. The molecule has 4 aromatic carbocycles. The zero-order valence-electron chi connectivity index (χ0n) is 22.0. The minimum atomic E-state index is 0.792. The largest absolute Gasteiger partial charge is 0.0620 e. The second-order valence-electron chi connectivity index (χ2n) is 14.9. The van der Waals surface area contributed by atoms with Crippen LogP contribution in [-0.2, 0) is 0 Å². The molecular weight excluding hydrogens is 468 g/mol. The van der Waals surface area contributed by atoms with Gasteiger partial charge in [0.2, 0.25) is 0 Å². The molecule has 186 valence electrons. The SMILES string of the molecule is c1ccc2c(c1)[C@@H]1[C@H]2[C@@H]2C[C@H]1c1c2c2c(c3c1[C@H]1C[C@@H]3[C@@H]3c4ccccc4[C@@H]31)[C@H]1C[C@@H]2[C@@H]2c3ccccc3[C@@H]21. The molecule has 0 radical (unpaired) electrons. The minimum Gasteiger partial charge on any atom is -0.0620 e. The number of hydrogen-bond donors (Lipinski definition) is 0. The normalized spacial score (nSPS) is 43.1. The fourth-order valence-corrected chi connectivity index (χ4v) is 13.8. The molecule has 13 rings (SSSR count). The first-order valence-electron chi connectivity index (χ1n) is 15.9. The van der Waals surface area contributed by atoms with Gasteiger partial charge in [-0.2, -0.15) is 0 Å². The summed E-state index contributed by atoms with van der Waals surface area (Å²) in [6.07, 6.45) is 4.31. The Kier molecular flexibility index (Phi) is 2.78. The van der Waals surface area contributed by atoms with Crippen molar-refractivity contribution in [1.29, 1.82) is 0 Å². The van der Waals surface area contributed by atoms with Crippen molar-refractivity contribution in [3.63, 3.8) is 0 Å². The summed E-state index contributed by atoms with van der Waals surface area (Å²) in [7, 11) is 0. The van der Waals surface area contributed by atoms with Crippen molar-refractivity contribution in [2.75, 3.05) is 0 Å². The van der Waals surface area contributed by atoms with Crippen molar-refractivity contribution in [3.05, 3.63) is 140 Å². The molecule has 0 unspecified atom stereocenters. The van der Waals surface area contributed by atoms with E-state index in [0.29, 0.717) is 0 Å². The van der Waals surface area contributed by atoms with E-state index in [1.807, 2.05) is 33.4 Å². The smallest absolute Gasteiger partial charge is 0.00150 e. The predicted molar refractivity (Wildman–Crippen MR) is 153 cm³/mol. The van der Waals surface area contributed by atoms with E-state index in [-0.39, 0.29) is 0 Å². The monoisotopic (exact) mass is 498 g/mol. The third kappa shape index (κ3) is 1.68. The lowest BCUT2D eigenvalue weighted by Gasteiger charge is -2.51. The Bertz CT molecular complexity index is 1520. The predicted octanol–water partition coefficient (Wildman–Crippen LogP) is 9.08. The Balaban J connectivity index is 1.10. The van der Waals surface area contributed by atoms with Crippen LogP contribution in [0, 0.1) is 0 Å². The van der Waals surface area contributed by atoms with Gasteiger partial charge in [0.15, 0.2) is 0 Å². The topological polar surface area (TPSA) is 0 Å². The van der Waals surface area contributed by atoms with E-state index in [1.54, 1.807) is 33.4 Å². The summed E-state index contributed by atoms with van der Waals surface area (Å²) in [5.74, 6) is 9.59. The van der Waals surface area contributed by atoms with Crippen LogP contribution in [-0.4, -0.2) is 0 Å². The van der Waals surface area contributed by atoms with Crippen molar-refractivity contribution in [2.24, 2.45) is 0 Å². The molecule has 9 aliphatic carbocycles. The Morgan fingerprint density at radius 3 is 0.641 bits per heavy atom. The van der Waals surface area contributed by atoms with Gasteiger partial charge in [-0.3, -0.25) is 0 Å². The lowest BCUT2D eigenvalue weighted by molar-refractivity contribution is 0.416. The summed E-state index contributed by atoms with van der Waals surface area (Å²) >= 11 is 0. The highest BCUT2D eigenvalue weighted by Gasteiger charge is 2.68. The van der Waals surface area contributed by atoms with Gasteiger partial charge >= 0.3 is 0 Å². The molecular formula is C39H30. The van der Waals surface area contributed by atoms with Gasteiger partial charge in [0.25, 0.3) is 0 Å². The lowest BCUT2D eigenvalue weighted by atomic mass is 9.52. The van der Waals surface area contributed by atoms with Crippen molar-refractivity contribution >= 4 is 0 Å². The molecule has 0 amide bonds. The maximum atomic E-state index is 2.48. The number of benzene rings is 4. The van der Waals surface area contributed by atoms with E-state index in [1.165, 1.54) is 19.3 Å². The molecule has 4 aromatic rings. The van der Waals surface area contributed by atoms with Crippen molar-refractivity contribution in [2.45, 2.75) is 90.3 Å². The second kappa shape index (κ2) is 5.69. The maximum Gasteiger partial charge on any atom is -0.00150 e. The van der Waals surface area contributed by atoms with Crippen LogP contribution in [0.2, 0.25) is 0 Å². The van der Waals surface area contributed by atoms with Gasteiger partial charge in [-0.25, -0.2) is 0 Å². The van der Waals surface area contributed by atoms with Gasteiger partial charge in [-0.1, -0.05) is 72.8 Å². The highest BCUT2D eigenvalue weighted by atomic mass is 14.7. The van der Waals surface area contributed by atoms with Gasteiger partial charge in [-0.05, 0) is 157 Å². The second-order valence-corrected chi connectivity index (χ2v) is 14.9. The average Bonchev–Trinajstić information content (AvgIpc) is 3.76. The quantitative estimate of drug-likeness (QED) is 0.227. The Morgan fingerprint density at radius 1 is 0.282 bits per heavy atom. The first-order valence-corrected chi connectivity index (χ1v) is 15.9. The van der Waals surface area contributed by atoms with Crippen LogP contribution in [0.5, 0.6) is 0 Å². The zero-order valence-corrected chi connectivity index (χ0v) is 22.0. The molecule has 0 heterocycles. The molecule has 0 spiro atoms. The average molecular weight is 499 g/mol. The van der Waals surface area contributed by atoms with Crippen molar-refractivity contribution in [1.82, 2.24) is 0 Å². The summed E-state index contributed by atoms with van der Waals surface area (Å²) < 4.78 is 0. The molecule has 3 fully saturated rings. The van der Waals surface area contributed by atoms with Crippen LogP contribution >= 0.6 is 0 Å². The molecule has 6 bridgehead atoms. The van der Waals surface area contributed by atoms with Crippen molar-refractivity contribution < 1.29 is 0 Å². The summed E-state index contributed by atoms with van der Waals surface area (Å²) in [5.41, 5.74) is 21.9. The van der Waals surface area contributed by atoms with Crippen LogP contribution in [0.25, 0.3) is 0 Å². The number of fused-ring (bicyclic) bond motifs is 36. The minimum absolute atomic E-state index is 0.792. The molecule has 3 saturated carbocycles. The highest BCUT2D eigenvalue weighted by molar-refractivity contribution is 5.76. The van der Waals surface area contributed by atoms with Crippen LogP contribution < -0.4 is 0 Å². The maximum absolute atomic E-state index is 2.48. The van der Waals surface area contributed by atoms with E-state index < -0.39 is 0 Å². The summed E-state index contributed by atoms with van der Waals surface area (Å²) in [4.78, 5) is 0. The van der Waals surface area contributed by atoms with Crippen LogP contribution in [0.15, 0.2) is 72.8 Å². The fraction of sp³-hybridized carbons (Fsp3) is 0.385. The Morgan fingerprint density at radius 2 is 0.462 bits per heavy atom. The van der Waals surface area contributed by atoms with Gasteiger partial charge in [0.05, 0.1) is 0 Å². The summed E-state index contributed by atoms with van der Waals surface area (Å²) in [6, 6.07) is 28.7. The van der Waals surface area contributed by atoms with Crippen LogP contribution in [0.4, 0.5) is 0 Å². The van der Waals surface area contributed by atoms with E-state index in [4.69, 9.17) is 0 Å². The third-order valence-corrected chi connectivity index (χ3v) is 14.4. The third-order valence-electron chi connectivity index (χ3n) is 14.4. The summed E-state index contributed by atoms with van der Waals surface area (Å²) in [6.45, 7) is 0. The standard InChI is InChI=1S/C39H30/c1-2-8-17-16(7-1)28-22-13-23(29(17)28)35-34(22)36-24-14-26(32-19-10-4-3-9-18(19)30(24)32)38(36)39-27-15-25(37(35)39)31-20-11-5-6-12-21(20)33(27)31/h1-12,22-33H,13-15H2/t22-,23+,24+,25-,26-,27+,28+,29-,30-,31+,32+,33-.